The fourth-order valence-electron chi connectivity index (χ4n) is 3.90. The highest BCUT2D eigenvalue weighted by Gasteiger charge is 2.45. The van der Waals surface area contributed by atoms with Crippen molar-refractivity contribution < 1.29 is 44.2 Å². The highest BCUT2D eigenvalue weighted by Crippen LogP contribution is 2.34. The molecule has 0 saturated carbocycles. The molecule has 0 aromatic heterocycles. The van der Waals surface area contributed by atoms with Crippen LogP contribution in [0.25, 0.3) is 0 Å². The lowest BCUT2D eigenvalue weighted by atomic mass is 9.88. The summed E-state index contributed by atoms with van der Waals surface area (Å²) in [4.78, 5) is 24.7. The Hall–Kier alpha value is -2.04. The Balaban J connectivity index is 1.72. The zero-order valence-electron chi connectivity index (χ0n) is 16.8. The molecule has 0 amide bonds. The molecule has 0 aromatic carbocycles. The molecule has 0 aromatic rings. The Labute approximate surface area is 174 Å². The molecule has 4 N–H and O–H groups in total. The topological polar surface area (TPSA) is 143 Å². The van der Waals surface area contributed by atoms with E-state index in [0.29, 0.717) is 36.8 Å². The Morgan fingerprint density at radius 2 is 1.97 bits per heavy atom. The number of aliphatic hydroxyl groups is 4. The summed E-state index contributed by atoms with van der Waals surface area (Å²) in [5.74, 6) is -1.44. The van der Waals surface area contributed by atoms with Gasteiger partial charge in [-0.25, -0.2) is 9.59 Å². The molecule has 2 fully saturated rings. The van der Waals surface area contributed by atoms with Gasteiger partial charge in [0.2, 0.25) is 6.29 Å². The standard InChI is InChI=1S/C21H28O9/c1-10-4-3-5-12(6-7-13-11(2)19(26)28-14(13)8-10)20(27)30-21-18(25)17(24)16(23)15(9-22)29-21/h5,8,13-18,21-25H,2-4,6-7,9H2,1H3/b10-8?,12-5-/t13-,14+,15+,16+,17-,18+,21-/m0/s1. The Kier molecular flexibility index (Phi) is 7.10. The van der Waals surface area contributed by atoms with Crippen LogP contribution in [0.1, 0.15) is 32.6 Å². The molecular formula is C21H28O9. The molecule has 0 bridgehead atoms. The summed E-state index contributed by atoms with van der Waals surface area (Å²) in [6, 6.07) is 0. The van der Waals surface area contributed by atoms with Gasteiger partial charge < -0.3 is 34.6 Å². The molecule has 3 aliphatic rings. The smallest absolute Gasteiger partial charge is 0.336 e. The zero-order chi connectivity index (χ0) is 22.0. The molecule has 0 spiro atoms. The van der Waals surface area contributed by atoms with Crippen molar-refractivity contribution >= 4 is 11.9 Å². The number of ether oxygens (including phenoxy) is 3. The summed E-state index contributed by atoms with van der Waals surface area (Å²) in [5.41, 5.74) is 1.73. The summed E-state index contributed by atoms with van der Waals surface area (Å²) >= 11 is 0. The number of hydrogen-bond donors (Lipinski definition) is 4. The van der Waals surface area contributed by atoms with Crippen LogP contribution in [0, 0.1) is 5.92 Å². The molecule has 2 saturated heterocycles. The minimum absolute atomic E-state index is 0.256. The maximum atomic E-state index is 12.8. The van der Waals surface area contributed by atoms with Gasteiger partial charge in [0.15, 0.2) is 0 Å². The van der Waals surface area contributed by atoms with Crippen molar-refractivity contribution in [3.63, 3.8) is 0 Å². The van der Waals surface area contributed by atoms with E-state index in [1.54, 1.807) is 6.08 Å². The zero-order valence-corrected chi connectivity index (χ0v) is 16.8. The number of esters is 2. The van der Waals surface area contributed by atoms with Crippen LogP contribution >= 0.6 is 0 Å². The van der Waals surface area contributed by atoms with Gasteiger partial charge in [-0.05, 0) is 38.7 Å². The van der Waals surface area contributed by atoms with Gasteiger partial charge in [0.1, 0.15) is 30.5 Å². The average molecular weight is 424 g/mol. The molecule has 2 aliphatic heterocycles. The molecule has 0 unspecified atom stereocenters. The quantitative estimate of drug-likeness (QED) is 0.277. The van der Waals surface area contributed by atoms with Gasteiger partial charge in [0.05, 0.1) is 6.61 Å². The van der Waals surface area contributed by atoms with E-state index in [4.69, 9.17) is 14.2 Å². The number of fused-ring (bicyclic) bond motifs is 1. The van der Waals surface area contributed by atoms with Gasteiger partial charge in [0, 0.05) is 17.1 Å². The molecule has 7 atom stereocenters. The minimum atomic E-state index is -1.66. The highest BCUT2D eigenvalue weighted by molar-refractivity contribution is 5.91. The Bertz CT molecular complexity index is 754. The van der Waals surface area contributed by atoms with Crippen molar-refractivity contribution in [1.29, 1.82) is 0 Å². The number of allylic oxidation sites excluding steroid dienone is 2. The van der Waals surface area contributed by atoms with E-state index in [1.807, 2.05) is 13.0 Å². The lowest BCUT2D eigenvalue weighted by molar-refractivity contribution is -0.291. The summed E-state index contributed by atoms with van der Waals surface area (Å²) in [5, 5.41) is 39.1. The van der Waals surface area contributed by atoms with Gasteiger partial charge >= 0.3 is 11.9 Å². The number of carbonyl (C=O) groups excluding carboxylic acids is 2. The maximum absolute atomic E-state index is 12.8. The number of rotatable bonds is 3. The van der Waals surface area contributed by atoms with E-state index in [-0.39, 0.29) is 5.92 Å². The van der Waals surface area contributed by atoms with Gasteiger partial charge in [0.25, 0.3) is 0 Å². The second kappa shape index (κ2) is 9.40. The maximum Gasteiger partial charge on any atom is 0.336 e. The van der Waals surface area contributed by atoms with Crippen LogP contribution in [-0.2, 0) is 23.8 Å². The van der Waals surface area contributed by atoms with Gasteiger partial charge in [-0.1, -0.05) is 18.2 Å². The lowest BCUT2D eigenvalue weighted by Crippen LogP contribution is -2.59. The van der Waals surface area contributed by atoms with Crippen molar-refractivity contribution in [3.8, 4) is 0 Å². The summed E-state index contributed by atoms with van der Waals surface area (Å²) in [6.07, 6.45) is -2.34. The summed E-state index contributed by atoms with van der Waals surface area (Å²) in [6.45, 7) is 5.12. The number of hydrogen-bond acceptors (Lipinski definition) is 9. The predicted octanol–water partition coefficient (Wildman–Crippen LogP) is -0.126. The predicted molar refractivity (Wildman–Crippen MR) is 103 cm³/mol. The van der Waals surface area contributed by atoms with Crippen molar-refractivity contribution in [2.45, 2.75) is 69.4 Å². The summed E-state index contributed by atoms with van der Waals surface area (Å²) in [7, 11) is 0. The first-order valence-corrected chi connectivity index (χ1v) is 10.0. The van der Waals surface area contributed by atoms with Crippen LogP contribution in [0.15, 0.2) is 35.5 Å². The second-order valence-corrected chi connectivity index (χ2v) is 7.92. The fourth-order valence-corrected chi connectivity index (χ4v) is 3.90. The fraction of sp³-hybridized carbons (Fsp3) is 0.619. The monoisotopic (exact) mass is 424 g/mol. The third kappa shape index (κ3) is 4.65. The van der Waals surface area contributed by atoms with E-state index < -0.39 is 55.4 Å². The van der Waals surface area contributed by atoms with E-state index in [2.05, 4.69) is 6.58 Å². The molecule has 0 radical (unpaired) electrons. The highest BCUT2D eigenvalue weighted by atomic mass is 16.7. The number of aliphatic hydroxyl groups excluding tert-OH is 4. The molecule has 30 heavy (non-hydrogen) atoms. The van der Waals surface area contributed by atoms with E-state index in [9.17, 15) is 30.0 Å². The second-order valence-electron chi connectivity index (χ2n) is 7.92. The molecule has 3 rings (SSSR count). The molecular weight excluding hydrogens is 396 g/mol. The molecule has 9 nitrogen and oxygen atoms in total. The molecule has 9 heteroatoms. The molecule has 1 aliphatic carbocycles. The summed E-state index contributed by atoms with van der Waals surface area (Å²) < 4.78 is 15.9. The third-order valence-electron chi connectivity index (χ3n) is 5.79. The number of carbonyl (C=O) groups is 2. The van der Waals surface area contributed by atoms with Crippen LogP contribution in [0.4, 0.5) is 0 Å². The molecule has 2 heterocycles. The van der Waals surface area contributed by atoms with Crippen LogP contribution in [0.3, 0.4) is 0 Å². The lowest BCUT2D eigenvalue weighted by Gasteiger charge is -2.39. The first-order chi connectivity index (χ1) is 14.2. The first kappa shape index (κ1) is 22.6. The first-order valence-electron chi connectivity index (χ1n) is 10.0. The van der Waals surface area contributed by atoms with E-state index >= 15 is 0 Å². The van der Waals surface area contributed by atoms with Crippen LogP contribution < -0.4 is 0 Å². The van der Waals surface area contributed by atoms with Gasteiger partial charge in [-0.15, -0.1) is 0 Å². The normalized spacial score (nSPS) is 39.3. The third-order valence-corrected chi connectivity index (χ3v) is 5.79. The van der Waals surface area contributed by atoms with E-state index in [0.717, 1.165) is 5.57 Å². The van der Waals surface area contributed by atoms with Crippen molar-refractivity contribution in [2.24, 2.45) is 5.92 Å². The largest absolute Gasteiger partial charge is 0.454 e. The SMILES string of the molecule is C=C1C(=O)O[C@@H]2C=C(C)CC/C=C(\C(=O)O[C@@H]3O[C@H](CO)[C@@H](O)[C@H](O)[C@H]3O)CC[C@@H]12. The Morgan fingerprint density at radius 3 is 2.67 bits per heavy atom. The van der Waals surface area contributed by atoms with Crippen molar-refractivity contribution in [2.75, 3.05) is 6.61 Å². The van der Waals surface area contributed by atoms with Gasteiger partial charge in [-0.3, -0.25) is 0 Å². The Morgan fingerprint density at radius 1 is 1.23 bits per heavy atom. The van der Waals surface area contributed by atoms with Crippen LogP contribution in [0.5, 0.6) is 0 Å². The minimum Gasteiger partial charge on any atom is -0.454 e. The van der Waals surface area contributed by atoms with Crippen LogP contribution in [0.2, 0.25) is 0 Å². The van der Waals surface area contributed by atoms with E-state index in [1.165, 1.54) is 0 Å². The van der Waals surface area contributed by atoms with Gasteiger partial charge in [-0.2, -0.15) is 0 Å². The van der Waals surface area contributed by atoms with Crippen LogP contribution in [-0.4, -0.2) is 75.8 Å². The van der Waals surface area contributed by atoms with Crippen molar-refractivity contribution in [1.82, 2.24) is 0 Å². The average Bonchev–Trinajstić information content (AvgIpc) is 2.97. The van der Waals surface area contributed by atoms with Crippen molar-refractivity contribution in [3.05, 3.63) is 35.5 Å². The molecule has 166 valence electrons.